The van der Waals surface area contributed by atoms with Crippen molar-refractivity contribution in [3.05, 3.63) is 59.8 Å². The lowest BCUT2D eigenvalue weighted by Gasteiger charge is -2.38. The van der Waals surface area contributed by atoms with Crippen molar-refractivity contribution < 1.29 is 18.3 Å². The van der Waals surface area contributed by atoms with Gasteiger partial charge in [0.25, 0.3) is 5.91 Å². The smallest absolute Gasteiger partial charge is 0.291 e. The molecule has 1 fully saturated rings. The van der Waals surface area contributed by atoms with Crippen molar-refractivity contribution in [1.29, 1.82) is 0 Å². The maximum atomic E-state index is 12.9. The molecule has 0 radical (unpaired) electrons. The maximum Gasteiger partial charge on any atom is 0.291 e. The minimum atomic E-state index is -0.312. The highest BCUT2D eigenvalue weighted by atomic mass is 19.1. The van der Waals surface area contributed by atoms with Crippen molar-refractivity contribution in [2.75, 3.05) is 13.1 Å². The first-order valence-electron chi connectivity index (χ1n) is 8.08. The number of nitrogens with zero attached hydrogens (tertiary/aromatic N) is 5. The molecule has 0 saturated carbocycles. The van der Waals surface area contributed by atoms with Gasteiger partial charge in [-0.1, -0.05) is 5.21 Å². The number of aromatic nitrogens is 4. The summed E-state index contributed by atoms with van der Waals surface area (Å²) < 4.78 is 25.3. The van der Waals surface area contributed by atoms with E-state index in [1.54, 1.807) is 34.8 Å². The zero-order chi connectivity index (χ0) is 18.1. The molecule has 8 nitrogen and oxygen atoms in total. The van der Waals surface area contributed by atoms with E-state index in [-0.39, 0.29) is 30.1 Å². The van der Waals surface area contributed by atoms with Gasteiger partial charge in [0, 0.05) is 13.1 Å². The molecule has 9 heteroatoms. The van der Waals surface area contributed by atoms with Crippen LogP contribution in [-0.4, -0.2) is 43.9 Å². The van der Waals surface area contributed by atoms with Gasteiger partial charge in [0.2, 0.25) is 5.76 Å². The number of likely N-dealkylation sites (tertiary alicyclic amines) is 1. The van der Waals surface area contributed by atoms with Gasteiger partial charge in [-0.15, -0.1) is 5.10 Å². The van der Waals surface area contributed by atoms with Crippen LogP contribution in [0.4, 0.5) is 4.39 Å². The number of benzene rings is 1. The van der Waals surface area contributed by atoms with E-state index in [9.17, 15) is 9.18 Å². The van der Waals surface area contributed by atoms with Gasteiger partial charge < -0.3 is 14.1 Å². The van der Waals surface area contributed by atoms with E-state index in [0.29, 0.717) is 30.2 Å². The number of hydrogen-bond donors (Lipinski definition) is 0. The molecule has 4 rings (SSSR count). The third kappa shape index (κ3) is 3.15. The molecular formula is C17H16FN5O3. The zero-order valence-corrected chi connectivity index (χ0v) is 14.0. The number of carbonyl (C=O) groups is 1. The van der Waals surface area contributed by atoms with E-state index in [0.717, 1.165) is 0 Å². The molecule has 0 bridgehead atoms. The fraction of sp³-hybridized carbons (Fsp3) is 0.294. The molecule has 134 valence electrons. The van der Waals surface area contributed by atoms with E-state index < -0.39 is 0 Å². The zero-order valence-electron chi connectivity index (χ0n) is 14.0. The summed E-state index contributed by atoms with van der Waals surface area (Å²) in [6, 6.07) is 5.85. The molecule has 0 atom stereocenters. The largest absolute Gasteiger partial charge is 0.487 e. The second-order valence-electron chi connectivity index (χ2n) is 6.06. The van der Waals surface area contributed by atoms with Gasteiger partial charge in [-0.3, -0.25) is 4.79 Å². The van der Waals surface area contributed by atoms with E-state index in [1.807, 2.05) is 0 Å². The number of rotatable bonds is 5. The van der Waals surface area contributed by atoms with Gasteiger partial charge >= 0.3 is 0 Å². The average Bonchev–Trinajstić information content (AvgIpc) is 3.22. The van der Waals surface area contributed by atoms with E-state index in [2.05, 4.69) is 15.3 Å². The lowest BCUT2D eigenvalue weighted by Crippen LogP contribution is -2.51. The molecule has 3 heterocycles. The number of hydrogen-bond acceptors (Lipinski definition) is 6. The van der Waals surface area contributed by atoms with Crippen LogP contribution in [0.5, 0.6) is 5.75 Å². The second-order valence-corrected chi connectivity index (χ2v) is 6.06. The van der Waals surface area contributed by atoms with Gasteiger partial charge in [0.15, 0.2) is 6.39 Å². The number of oxazole rings is 1. The Labute approximate surface area is 148 Å². The van der Waals surface area contributed by atoms with Crippen LogP contribution in [0.2, 0.25) is 0 Å². The Hall–Kier alpha value is -3.23. The summed E-state index contributed by atoms with van der Waals surface area (Å²) in [6.07, 6.45) is 3.06. The van der Waals surface area contributed by atoms with Crippen molar-refractivity contribution in [2.45, 2.75) is 19.6 Å². The molecule has 2 aromatic heterocycles. The van der Waals surface area contributed by atoms with Crippen LogP contribution in [0.1, 0.15) is 28.0 Å². The molecule has 0 unspecified atom stereocenters. The Bertz CT molecular complexity index is 915. The van der Waals surface area contributed by atoms with Crippen LogP contribution in [0.15, 0.2) is 41.3 Å². The predicted octanol–water partition coefficient (Wildman–Crippen LogP) is 1.99. The van der Waals surface area contributed by atoms with E-state index in [4.69, 9.17) is 9.15 Å². The summed E-state index contributed by atoms with van der Waals surface area (Å²) in [5.41, 5.74) is 1.24. The topological polar surface area (TPSA) is 86.3 Å². The molecule has 1 amide bonds. The van der Waals surface area contributed by atoms with Gasteiger partial charge in [-0.2, -0.15) is 0 Å². The minimum absolute atomic E-state index is 0.0641. The Balaban J connectivity index is 1.31. The first kappa shape index (κ1) is 16.2. The molecule has 0 N–H and O–H groups in total. The fourth-order valence-corrected chi connectivity index (χ4v) is 2.69. The predicted molar refractivity (Wildman–Crippen MR) is 86.9 cm³/mol. The van der Waals surface area contributed by atoms with Crippen LogP contribution >= 0.6 is 0 Å². The van der Waals surface area contributed by atoms with Gasteiger partial charge in [-0.25, -0.2) is 14.1 Å². The summed E-state index contributed by atoms with van der Waals surface area (Å²) in [5, 5.41) is 8.16. The molecule has 1 aliphatic heterocycles. The lowest BCUT2D eigenvalue weighted by atomic mass is 10.1. The summed E-state index contributed by atoms with van der Waals surface area (Å²) in [6.45, 7) is 3.03. The molecule has 0 aliphatic carbocycles. The number of aryl methyl sites for hydroxylation is 1. The molecular weight excluding hydrogens is 341 g/mol. The summed E-state index contributed by atoms with van der Waals surface area (Å²) in [5.74, 6) is 0.350. The van der Waals surface area contributed by atoms with Crippen molar-refractivity contribution in [2.24, 2.45) is 0 Å². The molecule has 1 aromatic carbocycles. The standard InChI is InChI=1S/C17H16FN5O3/c1-11-16(26-10-19-11)17(24)22-7-14(8-22)23-6-13(20-21-23)9-25-15-4-2-12(18)3-5-15/h2-6,10,14H,7-9H2,1H3. The summed E-state index contributed by atoms with van der Waals surface area (Å²) in [7, 11) is 0. The van der Waals surface area contributed by atoms with Gasteiger partial charge in [0.1, 0.15) is 23.9 Å². The fourth-order valence-electron chi connectivity index (χ4n) is 2.69. The van der Waals surface area contributed by atoms with Gasteiger partial charge in [0.05, 0.1) is 17.9 Å². The monoisotopic (exact) mass is 357 g/mol. The summed E-state index contributed by atoms with van der Waals surface area (Å²) in [4.78, 5) is 17.9. The molecule has 3 aromatic rings. The Kier molecular flexibility index (Phi) is 4.11. The van der Waals surface area contributed by atoms with Crippen LogP contribution in [-0.2, 0) is 6.61 Å². The minimum Gasteiger partial charge on any atom is -0.487 e. The Morgan fingerprint density at radius 2 is 2.12 bits per heavy atom. The second kappa shape index (κ2) is 6.58. The first-order chi connectivity index (χ1) is 12.6. The third-order valence-electron chi connectivity index (χ3n) is 4.22. The highest BCUT2D eigenvalue weighted by molar-refractivity contribution is 5.92. The number of ether oxygens (including phenoxy) is 1. The quantitative estimate of drug-likeness (QED) is 0.694. The molecule has 26 heavy (non-hydrogen) atoms. The number of carbonyl (C=O) groups excluding carboxylic acids is 1. The number of halogens is 1. The average molecular weight is 357 g/mol. The van der Waals surface area contributed by atoms with Crippen molar-refractivity contribution in [1.82, 2.24) is 24.9 Å². The molecule has 0 spiro atoms. The first-order valence-corrected chi connectivity index (χ1v) is 8.08. The van der Waals surface area contributed by atoms with Crippen LogP contribution < -0.4 is 4.74 Å². The van der Waals surface area contributed by atoms with E-state index >= 15 is 0 Å². The van der Waals surface area contributed by atoms with Crippen molar-refractivity contribution >= 4 is 5.91 Å². The highest BCUT2D eigenvalue weighted by Crippen LogP contribution is 2.23. The van der Waals surface area contributed by atoms with E-state index in [1.165, 1.54) is 18.5 Å². The number of amides is 1. The normalized spacial score (nSPS) is 14.3. The Morgan fingerprint density at radius 3 is 2.81 bits per heavy atom. The van der Waals surface area contributed by atoms with Crippen molar-refractivity contribution in [3.63, 3.8) is 0 Å². The van der Waals surface area contributed by atoms with Crippen LogP contribution in [0.3, 0.4) is 0 Å². The van der Waals surface area contributed by atoms with Crippen molar-refractivity contribution in [3.8, 4) is 5.75 Å². The Morgan fingerprint density at radius 1 is 1.35 bits per heavy atom. The van der Waals surface area contributed by atoms with Gasteiger partial charge in [-0.05, 0) is 31.2 Å². The highest BCUT2D eigenvalue weighted by Gasteiger charge is 2.35. The molecule has 1 aliphatic rings. The SMILES string of the molecule is Cc1ncoc1C(=O)N1CC(n2cc(COc3ccc(F)cc3)nn2)C1. The maximum absolute atomic E-state index is 12.9. The third-order valence-corrected chi connectivity index (χ3v) is 4.22. The van der Waals surface area contributed by atoms with Crippen LogP contribution in [0.25, 0.3) is 0 Å². The summed E-state index contributed by atoms with van der Waals surface area (Å²) >= 11 is 0. The lowest BCUT2D eigenvalue weighted by molar-refractivity contribution is 0.0465. The van der Waals surface area contributed by atoms with Crippen LogP contribution in [0, 0.1) is 12.7 Å². The molecule has 1 saturated heterocycles.